The van der Waals surface area contributed by atoms with Gasteiger partial charge in [0.25, 0.3) is 0 Å². The van der Waals surface area contributed by atoms with E-state index in [9.17, 15) is 4.79 Å². The zero-order valence-corrected chi connectivity index (χ0v) is 16.9. The van der Waals surface area contributed by atoms with Gasteiger partial charge in [-0.05, 0) is 23.3 Å². The molecule has 29 heavy (non-hydrogen) atoms. The van der Waals surface area contributed by atoms with Gasteiger partial charge in [-0.1, -0.05) is 49.4 Å². The largest absolute Gasteiger partial charge is 0.378 e. The van der Waals surface area contributed by atoms with Crippen LogP contribution in [0.15, 0.2) is 60.9 Å². The molecule has 3 unspecified atom stereocenters. The van der Waals surface area contributed by atoms with Crippen LogP contribution in [0.3, 0.4) is 0 Å². The Balaban J connectivity index is 1.80. The van der Waals surface area contributed by atoms with Gasteiger partial charge >= 0.3 is 0 Å². The smallest absolute Gasteiger partial charge is 0.222 e. The van der Waals surface area contributed by atoms with Gasteiger partial charge in [-0.3, -0.25) is 4.79 Å². The minimum absolute atomic E-state index is 0.0104. The van der Waals surface area contributed by atoms with Crippen molar-refractivity contribution in [3.63, 3.8) is 0 Å². The fraction of sp³-hybridized carbons (Fsp3) is 0.318. The summed E-state index contributed by atoms with van der Waals surface area (Å²) in [5.41, 5.74) is 3.30. The summed E-state index contributed by atoms with van der Waals surface area (Å²) >= 11 is 0. The van der Waals surface area contributed by atoms with Crippen molar-refractivity contribution in [3.05, 3.63) is 72.1 Å². The molecule has 2 aromatic carbocycles. The maximum atomic E-state index is 12.4. The Hall–Kier alpha value is -3.35. The van der Waals surface area contributed by atoms with Crippen LogP contribution in [0.2, 0.25) is 0 Å². The van der Waals surface area contributed by atoms with Crippen LogP contribution in [0.25, 0.3) is 0 Å². The molecule has 0 saturated carbocycles. The van der Waals surface area contributed by atoms with Crippen molar-refractivity contribution in [2.24, 2.45) is 0 Å². The van der Waals surface area contributed by atoms with Crippen LogP contribution in [0.4, 0.5) is 11.6 Å². The maximum Gasteiger partial charge on any atom is 0.222 e. The van der Waals surface area contributed by atoms with E-state index in [0.29, 0.717) is 12.4 Å². The van der Waals surface area contributed by atoms with Crippen molar-refractivity contribution in [2.75, 3.05) is 24.3 Å². The molecule has 7 heteroatoms. The molecule has 0 radical (unpaired) electrons. The summed E-state index contributed by atoms with van der Waals surface area (Å²) in [6, 6.07) is 18.0. The van der Waals surface area contributed by atoms with Gasteiger partial charge in [0, 0.05) is 26.2 Å². The third-order valence-electron chi connectivity index (χ3n) is 5.38. The van der Waals surface area contributed by atoms with E-state index in [4.69, 9.17) is 0 Å². The van der Waals surface area contributed by atoms with Gasteiger partial charge < -0.3 is 15.5 Å². The van der Waals surface area contributed by atoms with Gasteiger partial charge in [0.15, 0.2) is 0 Å². The third kappa shape index (κ3) is 3.68. The number of carbonyl (C=O) groups excluding carboxylic acids is 1. The second-order valence-electron chi connectivity index (χ2n) is 7.44. The lowest BCUT2D eigenvalue weighted by Gasteiger charge is -2.40. The van der Waals surface area contributed by atoms with E-state index in [1.807, 2.05) is 43.9 Å². The molecule has 0 fully saturated rings. The van der Waals surface area contributed by atoms with Gasteiger partial charge in [-0.15, -0.1) is 0 Å². The highest BCUT2D eigenvalue weighted by Crippen LogP contribution is 2.38. The van der Waals surface area contributed by atoms with Crippen LogP contribution in [0.5, 0.6) is 0 Å². The number of benzene rings is 2. The number of aromatic nitrogens is 3. The van der Waals surface area contributed by atoms with Crippen molar-refractivity contribution in [1.82, 2.24) is 20.1 Å². The molecule has 0 spiro atoms. The number of nitrogens with one attached hydrogen (secondary N) is 2. The van der Waals surface area contributed by atoms with Crippen LogP contribution in [0.1, 0.15) is 36.6 Å². The molecule has 1 aromatic heterocycles. The molecule has 2 N–H and O–H groups in total. The first kappa shape index (κ1) is 19.0. The molecule has 0 aliphatic carbocycles. The number of anilines is 2. The molecule has 7 nitrogen and oxygen atoms in total. The Morgan fingerprint density at radius 3 is 2.48 bits per heavy atom. The molecule has 4 rings (SSSR count). The summed E-state index contributed by atoms with van der Waals surface area (Å²) in [6.07, 6.45) is 1.98. The normalized spacial score (nSPS) is 20.4. The summed E-state index contributed by atoms with van der Waals surface area (Å²) in [5.74, 6) is 0.707. The molecule has 3 aromatic rings. The molecular formula is C22H26N6O. The van der Waals surface area contributed by atoms with Crippen LogP contribution in [-0.2, 0) is 4.79 Å². The number of hydrogen-bond donors (Lipinski definition) is 2. The van der Waals surface area contributed by atoms with Crippen LogP contribution in [0, 0.1) is 0 Å². The van der Waals surface area contributed by atoms with Crippen LogP contribution in [-0.4, -0.2) is 40.8 Å². The molecule has 1 aliphatic rings. The molecule has 0 saturated heterocycles. The fourth-order valence-corrected chi connectivity index (χ4v) is 3.84. The quantitative estimate of drug-likeness (QED) is 0.701. The summed E-state index contributed by atoms with van der Waals surface area (Å²) < 4.78 is 1.86. The SMILES string of the molecule is CCC(=O)NC1C(c2ccc(N(C)C)cc2)Nc2ncnn2C1c1ccccc1. The molecule has 0 bridgehead atoms. The number of nitrogens with zero attached hydrogens (tertiary/aromatic N) is 4. The first-order valence-electron chi connectivity index (χ1n) is 9.86. The van der Waals surface area contributed by atoms with Crippen molar-refractivity contribution in [1.29, 1.82) is 0 Å². The Kier molecular flexibility index (Phi) is 5.20. The fourth-order valence-electron chi connectivity index (χ4n) is 3.84. The van der Waals surface area contributed by atoms with E-state index >= 15 is 0 Å². The zero-order chi connectivity index (χ0) is 20.4. The van der Waals surface area contributed by atoms with E-state index in [0.717, 1.165) is 16.8 Å². The van der Waals surface area contributed by atoms with E-state index in [2.05, 4.69) is 62.0 Å². The number of fused-ring (bicyclic) bond motifs is 1. The summed E-state index contributed by atoms with van der Waals surface area (Å²) in [7, 11) is 4.04. The lowest BCUT2D eigenvalue weighted by atomic mass is 9.87. The van der Waals surface area contributed by atoms with Crippen molar-refractivity contribution < 1.29 is 4.79 Å². The minimum atomic E-state index is -0.218. The number of amides is 1. The van der Waals surface area contributed by atoms with Crippen molar-refractivity contribution in [2.45, 2.75) is 31.5 Å². The Morgan fingerprint density at radius 2 is 1.83 bits per heavy atom. The molecule has 1 aliphatic heterocycles. The standard InChI is InChI=1S/C22H26N6O/c1-4-18(29)25-20-19(15-10-12-17(13-11-15)27(2)3)26-22-23-14-24-28(22)21(20)16-8-6-5-7-9-16/h5-14,19-21H,4H2,1-3H3,(H,25,29)(H,23,24,26). The average molecular weight is 390 g/mol. The highest BCUT2D eigenvalue weighted by Gasteiger charge is 2.40. The number of rotatable bonds is 5. The molecule has 1 amide bonds. The first-order valence-corrected chi connectivity index (χ1v) is 9.86. The summed E-state index contributed by atoms with van der Waals surface area (Å²) in [4.78, 5) is 18.9. The number of hydrogen-bond acceptors (Lipinski definition) is 5. The molecule has 3 atom stereocenters. The second-order valence-corrected chi connectivity index (χ2v) is 7.44. The lowest BCUT2D eigenvalue weighted by molar-refractivity contribution is -0.121. The Morgan fingerprint density at radius 1 is 1.10 bits per heavy atom. The molecule has 150 valence electrons. The van der Waals surface area contributed by atoms with Gasteiger partial charge in [0.05, 0.1) is 12.1 Å². The first-order chi connectivity index (χ1) is 14.1. The Bertz CT molecular complexity index is 966. The van der Waals surface area contributed by atoms with E-state index in [1.54, 1.807) is 6.33 Å². The topological polar surface area (TPSA) is 75.1 Å². The summed E-state index contributed by atoms with van der Waals surface area (Å²) in [5, 5.41) is 11.2. The second kappa shape index (κ2) is 7.95. The molecule has 2 heterocycles. The monoisotopic (exact) mass is 390 g/mol. The third-order valence-corrected chi connectivity index (χ3v) is 5.38. The Labute approximate surface area is 170 Å². The highest BCUT2D eigenvalue weighted by atomic mass is 16.1. The van der Waals surface area contributed by atoms with Gasteiger partial charge in [-0.25, -0.2) is 4.68 Å². The van der Waals surface area contributed by atoms with Gasteiger partial charge in [0.1, 0.15) is 12.4 Å². The predicted molar refractivity (Wildman–Crippen MR) is 114 cm³/mol. The van der Waals surface area contributed by atoms with Crippen molar-refractivity contribution in [3.8, 4) is 0 Å². The minimum Gasteiger partial charge on any atom is -0.378 e. The van der Waals surface area contributed by atoms with Crippen LogP contribution >= 0.6 is 0 Å². The maximum absolute atomic E-state index is 12.4. The predicted octanol–water partition coefficient (Wildman–Crippen LogP) is 3.00. The van der Waals surface area contributed by atoms with E-state index in [1.165, 1.54) is 0 Å². The summed E-state index contributed by atoms with van der Waals surface area (Å²) in [6.45, 7) is 1.87. The average Bonchev–Trinajstić information content (AvgIpc) is 3.22. The van der Waals surface area contributed by atoms with E-state index < -0.39 is 0 Å². The van der Waals surface area contributed by atoms with Gasteiger partial charge in [0.2, 0.25) is 11.9 Å². The molecular weight excluding hydrogens is 364 g/mol. The van der Waals surface area contributed by atoms with Crippen LogP contribution < -0.4 is 15.5 Å². The number of carbonyl (C=O) groups is 1. The highest BCUT2D eigenvalue weighted by molar-refractivity contribution is 5.76. The zero-order valence-electron chi connectivity index (χ0n) is 16.9. The van der Waals surface area contributed by atoms with Crippen molar-refractivity contribution >= 4 is 17.5 Å². The lowest BCUT2D eigenvalue weighted by Crippen LogP contribution is -2.51. The van der Waals surface area contributed by atoms with Gasteiger partial charge in [-0.2, -0.15) is 10.1 Å². The van der Waals surface area contributed by atoms with E-state index in [-0.39, 0.29) is 24.0 Å².